The van der Waals surface area contributed by atoms with Gasteiger partial charge in [0.05, 0.1) is 17.0 Å². The summed E-state index contributed by atoms with van der Waals surface area (Å²) in [5, 5.41) is 14.0. The van der Waals surface area contributed by atoms with Crippen molar-refractivity contribution in [2.75, 3.05) is 6.54 Å². The smallest absolute Gasteiger partial charge is 0.281 e. The summed E-state index contributed by atoms with van der Waals surface area (Å²) in [7, 11) is 0. The number of aliphatic imine (C=N–C) groups is 1. The average molecular weight is 284 g/mol. The fourth-order valence-electron chi connectivity index (χ4n) is 1.57. The molecule has 2 rings (SSSR count). The summed E-state index contributed by atoms with van der Waals surface area (Å²) in [4.78, 5) is 14.8. The van der Waals surface area contributed by atoms with Crippen LogP contribution in [0, 0.1) is 10.1 Å². The van der Waals surface area contributed by atoms with Gasteiger partial charge in [-0.2, -0.15) is 0 Å². The minimum absolute atomic E-state index is 0.0646. The van der Waals surface area contributed by atoms with Gasteiger partial charge in [0.2, 0.25) is 0 Å². The van der Waals surface area contributed by atoms with E-state index in [9.17, 15) is 10.1 Å². The van der Waals surface area contributed by atoms with Gasteiger partial charge in [-0.25, -0.2) is 0 Å². The maximum atomic E-state index is 10.9. The molecule has 0 saturated heterocycles. The topological polar surface area (TPSA) is 67.5 Å². The number of halogens is 1. The number of rotatable bonds is 2. The average Bonchev–Trinajstić information content (AvgIpc) is 2.64. The summed E-state index contributed by atoms with van der Waals surface area (Å²) in [5.41, 5.74) is 0.604. The summed E-state index contributed by atoms with van der Waals surface area (Å²) in [6, 6.07) is 5.20. The summed E-state index contributed by atoms with van der Waals surface area (Å²) < 4.78 is 0.689. The summed E-state index contributed by atoms with van der Waals surface area (Å²) in [6.07, 6.45) is 0. The molecule has 1 unspecified atom stereocenters. The molecule has 0 saturated carbocycles. The van der Waals surface area contributed by atoms with Crippen LogP contribution < -0.4 is 5.32 Å². The van der Waals surface area contributed by atoms with E-state index in [2.05, 4.69) is 26.2 Å². The first-order valence-corrected chi connectivity index (χ1v) is 5.62. The van der Waals surface area contributed by atoms with Crippen molar-refractivity contribution in [2.45, 2.75) is 13.0 Å². The highest BCUT2D eigenvalue weighted by atomic mass is 79.9. The SMILES string of the molecule is CC1CN=C(c2ccc(Br)cc2[N+](=O)[O-])N1. The van der Waals surface area contributed by atoms with Crippen molar-refractivity contribution in [1.82, 2.24) is 5.32 Å². The van der Waals surface area contributed by atoms with Crippen molar-refractivity contribution < 1.29 is 4.92 Å². The fraction of sp³-hybridized carbons (Fsp3) is 0.300. The Morgan fingerprint density at radius 1 is 1.62 bits per heavy atom. The van der Waals surface area contributed by atoms with E-state index in [1.54, 1.807) is 12.1 Å². The van der Waals surface area contributed by atoms with Crippen molar-refractivity contribution in [1.29, 1.82) is 0 Å². The highest BCUT2D eigenvalue weighted by Crippen LogP contribution is 2.24. The van der Waals surface area contributed by atoms with Crippen LogP contribution in [0.2, 0.25) is 0 Å². The van der Waals surface area contributed by atoms with Gasteiger partial charge >= 0.3 is 0 Å². The van der Waals surface area contributed by atoms with Gasteiger partial charge in [-0.1, -0.05) is 15.9 Å². The van der Waals surface area contributed by atoms with Gasteiger partial charge in [0.15, 0.2) is 0 Å². The number of nitro benzene ring substituents is 1. The molecule has 5 nitrogen and oxygen atoms in total. The molecule has 0 radical (unpaired) electrons. The van der Waals surface area contributed by atoms with Crippen molar-refractivity contribution in [3.05, 3.63) is 38.3 Å². The second-order valence-corrected chi connectivity index (χ2v) is 4.57. The molecule has 1 aliphatic rings. The number of hydrogen-bond acceptors (Lipinski definition) is 4. The number of hydrogen-bond donors (Lipinski definition) is 1. The first-order valence-electron chi connectivity index (χ1n) is 4.83. The van der Waals surface area contributed by atoms with Crippen LogP contribution in [0.25, 0.3) is 0 Å². The maximum Gasteiger partial charge on any atom is 0.281 e. The van der Waals surface area contributed by atoms with Gasteiger partial charge in [0, 0.05) is 16.6 Å². The molecule has 16 heavy (non-hydrogen) atoms. The summed E-state index contributed by atoms with van der Waals surface area (Å²) in [5.74, 6) is 0.603. The Bertz CT molecular complexity index is 473. The van der Waals surface area contributed by atoms with Crippen LogP contribution in [0.15, 0.2) is 27.7 Å². The quantitative estimate of drug-likeness (QED) is 0.668. The molecule has 0 bridgehead atoms. The van der Waals surface area contributed by atoms with Gasteiger partial charge in [-0.3, -0.25) is 15.1 Å². The van der Waals surface area contributed by atoms with Crippen LogP contribution in [-0.4, -0.2) is 23.3 Å². The van der Waals surface area contributed by atoms with Gasteiger partial charge < -0.3 is 5.32 Å². The zero-order valence-corrected chi connectivity index (χ0v) is 10.2. The van der Waals surface area contributed by atoms with Gasteiger partial charge in [-0.05, 0) is 19.1 Å². The number of nitrogens with one attached hydrogen (secondary N) is 1. The Morgan fingerprint density at radius 3 is 2.94 bits per heavy atom. The zero-order chi connectivity index (χ0) is 11.7. The predicted octanol–water partition coefficient (Wildman–Crippen LogP) is 2.10. The Labute approximate surface area is 101 Å². The molecule has 1 aliphatic heterocycles. The molecular formula is C10H10BrN3O2. The summed E-state index contributed by atoms with van der Waals surface area (Å²) >= 11 is 3.22. The zero-order valence-electron chi connectivity index (χ0n) is 8.61. The third-order valence-electron chi connectivity index (χ3n) is 2.32. The van der Waals surface area contributed by atoms with Crippen LogP contribution in [0.3, 0.4) is 0 Å². The standard InChI is InChI=1S/C10H10BrN3O2/c1-6-5-12-10(13-6)8-3-2-7(11)4-9(8)14(15)16/h2-4,6H,5H2,1H3,(H,12,13). The van der Waals surface area contributed by atoms with Crippen LogP contribution in [0.5, 0.6) is 0 Å². The van der Waals surface area contributed by atoms with E-state index in [0.29, 0.717) is 22.4 Å². The molecule has 1 heterocycles. The molecule has 6 heteroatoms. The van der Waals surface area contributed by atoms with Crippen LogP contribution in [0.1, 0.15) is 12.5 Å². The van der Waals surface area contributed by atoms with Crippen molar-refractivity contribution in [2.24, 2.45) is 4.99 Å². The maximum absolute atomic E-state index is 10.9. The molecule has 0 amide bonds. The van der Waals surface area contributed by atoms with E-state index in [1.165, 1.54) is 6.07 Å². The molecule has 84 valence electrons. The molecule has 0 aliphatic carbocycles. The molecule has 1 aromatic rings. The lowest BCUT2D eigenvalue weighted by molar-refractivity contribution is -0.385. The predicted molar refractivity (Wildman–Crippen MR) is 64.8 cm³/mol. The Morgan fingerprint density at radius 2 is 2.38 bits per heavy atom. The summed E-state index contributed by atoms with van der Waals surface area (Å²) in [6.45, 7) is 2.64. The second-order valence-electron chi connectivity index (χ2n) is 3.65. The highest BCUT2D eigenvalue weighted by molar-refractivity contribution is 9.10. The fourth-order valence-corrected chi connectivity index (χ4v) is 1.92. The normalized spacial score (nSPS) is 19.1. The van der Waals surface area contributed by atoms with E-state index in [-0.39, 0.29) is 11.7 Å². The van der Waals surface area contributed by atoms with E-state index < -0.39 is 4.92 Å². The van der Waals surface area contributed by atoms with Crippen LogP contribution in [0.4, 0.5) is 5.69 Å². The van der Waals surface area contributed by atoms with Crippen molar-refractivity contribution in [3.8, 4) is 0 Å². The largest absolute Gasteiger partial charge is 0.365 e. The number of nitro groups is 1. The van der Waals surface area contributed by atoms with Crippen LogP contribution >= 0.6 is 15.9 Å². The highest BCUT2D eigenvalue weighted by Gasteiger charge is 2.22. The number of amidine groups is 1. The lowest BCUT2D eigenvalue weighted by Crippen LogP contribution is -2.28. The third kappa shape index (κ3) is 2.06. The van der Waals surface area contributed by atoms with E-state index in [4.69, 9.17) is 0 Å². The Kier molecular flexibility index (Phi) is 2.91. The Balaban J connectivity index is 2.44. The van der Waals surface area contributed by atoms with E-state index >= 15 is 0 Å². The van der Waals surface area contributed by atoms with Gasteiger partial charge in [0.25, 0.3) is 5.69 Å². The van der Waals surface area contributed by atoms with Crippen molar-refractivity contribution >= 4 is 27.5 Å². The van der Waals surface area contributed by atoms with Gasteiger partial charge in [-0.15, -0.1) is 0 Å². The van der Waals surface area contributed by atoms with Crippen molar-refractivity contribution in [3.63, 3.8) is 0 Å². The Hall–Kier alpha value is -1.43. The number of benzene rings is 1. The lowest BCUT2D eigenvalue weighted by Gasteiger charge is -2.06. The minimum atomic E-state index is -0.396. The number of nitrogens with zero attached hydrogens (tertiary/aromatic N) is 2. The first kappa shape index (κ1) is 11.1. The minimum Gasteiger partial charge on any atom is -0.365 e. The molecule has 1 N–H and O–H groups in total. The van der Waals surface area contributed by atoms with E-state index in [1.807, 2.05) is 6.92 Å². The first-order chi connectivity index (χ1) is 7.58. The molecule has 1 atom stereocenters. The van der Waals surface area contributed by atoms with E-state index in [0.717, 1.165) is 0 Å². The van der Waals surface area contributed by atoms with Crippen LogP contribution in [-0.2, 0) is 0 Å². The second kappa shape index (κ2) is 4.21. The molecule has 0 fully saturated rings. The molecule has 0 aromatic heterocycles. The lowest BCUT2D eigenvalue weighted by atomic mass is 10.1. The van der Waals surface area contributed by atoms with Gasteiger partial charge in [0.1, 0.15) is 5.84 Å². The monoisotopic (exact) mass is 283 g/mol. The molecular weight excluding hydrogens is 274 g/mol. The third-order valence-corrected chi connectivity index (χ3v) is 2.81. The molecule has 0 spiro atoms. The molecule has 1 aromatic carbocycles.